The lowest BCUT2D eigenvalue weighted by Gasteiger charge is -2.05. The van der Waals surface area contributed by atoms with E-state index in [1.165, 1.54) is 77.0 Å². The molecule has 0 fully saturated rings. The van der Waals surface area contributed by atoms with Gasteiger partial charge >= 0.3 is 17.8 Å². The molecule has 0 saturated carbocycles. The van der Waals surface area contributed by atoms with Crippen molar-refractivity contribution in [2.75, 3.05) is 0 Å². The second-order valence-electron chi connectivity index (χ2n) is 6.97. The van der Waals surface area contributed by atoms with Gasteiger partial charge in [-0.2, -0.15) is 0 Å². The van der Waals surface area contributed by atoms with Gasteiger partial charge < -0.3 is 21.7 Å². The van der Waals surface area contributed by atoms with E-state index >= 15 is 0 Å². The normalized spacial score (nSPS) is 11.3. The maximum absolute atomic E-state index is 10.4. The molecule has 2 amide bonds. The Morgan fingerprint density at radius 1 is 0.667 bits per heavy atom. The Labute approximate surface area is 163 Å². The molecule has 0 spiro atoms. The minimum Gasteiger partial charge on any atom is -0.479 e. The molecule has 0 saturated heterocycles. The molecule has 0 rings (SSSR count). The first-order valence-electron chi connectivity index (χ1n) is 10.3. The van der Waals surface area contributed by atoms with E-state index in [0.717, 1.165) is 12.8 Å². The second kappa shape index (κ2) is 20.7. The van der Waals surface area contributed by atoms with Gasteiger partial charge in [0.1, 0.15) is 0 Å². The molecule has 0 bridgehead atoms. The number of nitrogens with two attached hydrogens (primary N) is 2. The zero-order chi connectivity index (χ0) is 20.9. The van der Waals surface area contributed by atoms with Gasteiger partial charge in [0.2, 0.25) is 0 Å². The van der Waals surface area contributed by atoms with Crippen LogP contribution in [-0.4, -0.2) is 34.1 Å². The summed E-state index contributed by atoms with van der Waals surface area (Å²) in [5.74, 6) is -3.30. The van der Waals surface area contributed by atoms with E-state index in [-0.39, 0.29) is 0 Å². The number of amides is 2. The number of aliphatic hydroxyl groups is 1. The van der Waals surface area contributed by atoms with Crippen molar-refractivity contribution >= 4 is 17.8 Å². The van der Waals surface area contributed by atoms with Crippen LogP contribution in [0.1, 0.15) is 103 Å². The van der Waals surface area contributed by atoms with Gasteiger partial charge in [-0.15, -0.1) is 0 Å². The first kappa shape index (κ1) is 27.6. The van der Waals surface area contributed by atoms with Gasteiger partial charge in [0.05, 0.1) is 0 Å². The molecule has 0 aromatic carbocycles. The smallest absolute Gasteiger partial charge is 0.332 e. The number of carboxylic acids is 1. The maximum atomic E-state index is 10.4. The summed E-state index contributed by atoms with van der Waals surface area (Å²) < 4.78 is 0. The minimum atomic E-state index is -1.16. The Morgan fingerprint density at radius 3 is 1.22 bits per heavy atom. The van der Waals surface area contributed by atoms with Gasteiger partial charge in [-0.3, -0.25) is 9.59 Å². The average Bonchev–Trinajstić information content (AvgIpc) is 2.62. The molecule has 0 aliphatic heterocycles. The third-order valence-corrected chi connectivity index (χ3v) is 4.36. The van der Waals surface area contributed by atoms with Crippen molar-refractivity contribution in [1.82, 2.24) is 0 Å². The number of carbonyl (C=O) groups excluding carboxylic acids is 2. The molecular formula is C20H40N2O5. The van der Waals surface area contributed by atoms with Crippen LogP contribution in [0.25, 0.3) is 0 Å². The molecule has 27 heavy (non-hydrogen) atoms. The van der Waals surface area contributed by atoms with E-state index in [1.807, 2.05) is 0 Å². The fraction of sp³-hybridized carbons (Fsp3) is 0.850. The van der Waals surface area contributed by atoms with Gasteiger partial charge in [0, 0.05) is 0 Å². The van der Waals surface area contributed by atoms with Gasteiger partial charge in [0.25, 0.3) is 0 Å². The Balaban J connectivity index is 0. The number of aliphatic hydroxyl groups excluding tert-OH is 1. The molecular weight excluding hydrogens is 348 g/mol. The summed E-state index contributed by atoms with van der Waals surface area (Å²) in [4.78, 5) is 29.3. The Morgan fingerprint density at radius 2 is 0.963 bits per heavy atom. The zero-order valence-electron chi connectivity index (χ0n) is 17.0. The molecule has 1 unspecified atom stereocenters. The predicted molar refractivity (Wildman–Crippen MR) is 107 cm³/mol. The molecule has 7 nitrogen and oxygen atoms in total. The van der Waals surface area contributed by atoms with Gasteiger partial charge in [-0.1, -0.05) is 96.8 Å². The highest BCUT2D eigenvalue weighted by Crippen LogP contribution is 2.13. The lowest BCUT2D eigenvalue weighted by Crippen LogP contribution is -2.29. The van der Waals surface area contributed by atoms with Crippen molar-refractivity contribution in [3.05, 3.63) is 0 Å². The van der Waals surface area contributed by atoms with Crippen molar-refractivity contribution in [1.29, 1.82) is 0 Å². The highest BCUT2D eigenvalue weighted by Gasteiger charge is 2.11. The van der Waals surface area contributed by atoms with Gasteiger partial charge in [0.15, 0.2) is 6.10 Å². The lowest BCUT2D eigenvalue weighted by atomic mass is 10.0. The summed E-state index contributed by atoms with van der Waals surface area (Å²) in [5.41, 5.74) is 8.64. The first-order chi connectivity index (χ1) is 12.8. The van der Waals surface area contributed by atoms with E-state index in [9.17, 15) is 14.4 Å². The highest BCUT2D eigenvalue weighted by molar-refractivity contribution is 6.33. The predicted octanol–water partition coefficient (Wildman–Crippen LogP) is 3.26. The van der Waals surface area contributed by atoms with Crippen LogP contribution in [0.5, 0.6) is 0 Å². The van der Waals surface area contributed by atoms with Crippen molar-refractivity contribution in [2.45, 2.75) is 109 Å². The minimum absolute atomic E-state index is 0.396. The first-order valence-corrected chi connectivity index (χ1v) is 10.3. The van der Waals surface area contributed by atoms with Crippen LogP contribution in [-0.2, 0) is 14.4 Å². The Hall–Kier alpha value is -1.63. The van der Waals surface area contributed by atoms with Crippen molar-refractivity contribution in [3.63, 3.8) is 0 Å². The van der Waals surface area contributed by atoms with E-state index in [2.05, 4.69) is 18.4 Å². The summed E-state index contributed by atoms with van der Waals surface area (Å²) in [6.45, 7) is 2.26. The van der Waals surface area contributed by atoms with Crippen molar-refractivity contribution in [3.8, 4) is 0 Å². The molecule has 0 aliphatic carbocycles. The third kappa shape index (κ3) is 24.4. The second-order valence-corrected chi connectivity index (χ2v) is 6.97. The van der Waals surface area contributed by atoms with Gasteiger partial charge in [-0.25, -0.2) is 4.79 Å². The van der Waals surface area contributed by atoms with Crippen LogP contribution >= 0.6 is 0 Å². The molecule has 0 aromatic rings. The number of primary amides is 2. The molecule has 0 aromatic heterocycles. The third-order valence-electron chi connectivity index (χ3n) is 4.36. The number of rotatable bonds is 16. The van der Waals surface area contributed by atoms with E-state index in [0.29, 0.717) is 6.42 Å². The highest BCUT2D eigenvalue weighted by atomic mass is 16.4. The van der Waals surface area contributed by atoms with Gasteiger partial charge in [-0.05, 0) is 6.42 Å². The van der Waals surface area contributed by atoms with Crippen molar-refractivity contribution in [2.24, 2.45) is 11.5 Å². The number of carboxylic acid groups (broad SMARTS) is 1. The topological polar surface area (TPSA) is 144 Å². The zero-order valence-corrected chi connectivity index (χ0v) is 17.0. The number of carbonyl (C=O) groups is 3. The number of hydrogen-bond donors (Lipinski definition) is 4. The van der Waals surface area contributed by atoms with Crippen LogP contribution in [0.2, 0.25) is 0 Å². The Bertz CT molecular complexity index is 377. The maximum Gasteiger partial charge on any atom is 0.332 e. The summed E-state index contributed by atoms with van der Waals surface area (Å²) >= 11 is 0. The molecule has 0 radical (unpaired) electrons. The summed E-state index contributed by atoms with van der Waals surface area (Å²) in [5, 5.41) is 17.7. The fourth-order valence-corrected chi connectivity index (χ4v) is 2.66. The van der Waals surface area contributed by atoms with Crippen LogP contribution in [0.4, 0.5) is 0 Å². The summed E-state index contributed by atoms with van der Waals surface area (Å²) in [7, 11) is 0. The van der Waals surface area contributed by atoms with Crippen LogP contribution in [0, 0.1) is 0 Å². The molecule has 0 aliphatic rings. The van der Waals surface area contributed by atoms with E-state index in [1.54, 1.807) is 0 Å². The molecule has 7 heteroatoms. The van der Waals surface area contributed by atoms with Crippen molar-refractivity contribution < 1.29 is 24.6 Å². The number of unbranched alkanes of at least 4 members (excludes halogenated alkanes) is 13. The molecule has 0 heterocycles. The molecule has 160 valence electrons. The number of aliphatic carboxylic acids is 1. The average molecular weight is 389 g/mol. The fourth-order valence-electron chi connectivity index (χ4n) is 2.66. The Kier molecular flexibility index (Phi) is 21.1. The monoisotopic (exact) mass is 388 g/mol. The summed E-state index contributed by atoms with van der Waals surface area (Å²) in [6.07, 6.45) is 17.3. The van der Waals surface area contributed by atoms with Crippen LogP contribution in [0.3, 0.4) is 0 Å². The lowest BCUT2D eigenvalue weighted by molar-refractivity contribution is -0.147. The summed E-state index contributed by atoms with van der Waals surface area (Å²) in [6, 6.07) is 0. The van der Waals surface area contributed by atoms with E-state index in [4.69, 9.17) is 10.2 Å². The number of hydrogen-bond acceptors (Lipinski definition) is 4. The van der Waals surface area contributed by atoms with Crippen LogP contribution < -0.4 is 11.5 Å². The largest absolute Gasteiger partial charge is 0.479 e. The van der Waals surface area contributed by atoms with Crippen LogP contribution in [0.15, 0.2) is 0 Å². The standard InChI is InChI=1S/C18H36O3.C2H4N2O2/c1-2-3-4-5-6-7-8-9-10-11-12-13-14-15-16-17(19)18(20)21;3-1(5)2(4)6/h17,19H,2-16H2,1H3,(H,20,21);(H2,3,5)(H2,4,6). The SMILES string of the molecule is CCCCCCCCCCCCCCCCC(O)C(=O)O.NC(=O)C(N)=O. The van der Waals surface area contributed by atoms with E-state index < -0.39 is 23.9 Å². The molecule has 1 atom stereocenters. The molecule has 6 N–H and O–H groups in total. The quantitative estimate of drug-likeness (QED) is 0.237.